The smallest absolute Gasteiger partial charge is 0.291 e. The molecule has 0 saturated carbocycles. The molecule has 1 amide bonds. The zero-order chi connectivity index (χ0) is 22.5. The van der Waals surface area contributed by atoms with E-state index in [2.05, 4.69) is 29.7 Å². The van der Waals surface area contributed by atoms with Crippen LogP contribution in [0.1, 0.15) is 34.6 Å². The predicted octanol–water partition coefficient (Wildman–Crippen LogP) is 5.55. The van der Waals surface area contributed by atoms with Crippen LogP contribution >= 0.6 is 0 Å². The Balaban J connectivity index is 1.59. The predicted molar refractivity (Wildman–Crippen MR) is 125 cm³/mol. The molecule has 6 nitrogen and oxygen atoms in total. The molecule has 0 spiro atoms. The molecule has 0 aliphatic carbocycles. The number of amides is 1. The summed E-state index contributed by atoms with van der Waals surface area (Å²) in [6.07, 6.45) is 0. The number of hydrogen-bond donors (Lipinski definition) is 2. The molecule has 0 aliphatic rings. The molecule has 2 N–H and O–H groups in total. The number of methoxy groups -OCH3 is 2. The lowest BCUT2D eigenvalue weighted by molar-refractivity contribution is 0.0998. The lowest BCUT2D eigenvalue weighted by Gasteiger charge is -2.15. The Hall–Kier alpha value is -3.77. The topological polar surface area (TPSA) is 72.7 Å². The first-order valence-corrected chi connectivity index (χ1v) is 10.4. The number of rotatable bonds is 8. The number of nitrogens with one attached hydrogen (secondary N) is 2. The third-order valence-corrected chi connectivity index (χ3v) is 5.43. The summed E-state index contributed by atoms with van der Waals surface area (Å²) in [5.74, 6) is 1.00. The maximum atomic E-state index is 12.9. The Labute approximate surface area is 187 Å². The van der Waals surface area contributed by atoms with Gasteiger partial charge in [-0.1, -0.05) is 48.5 Å². The van der Waals surface area contributed by atoms with E-state index in [9.17, 15) is 4.79 Å². The first-order chi connectivity index (χ1) is 15.6. The molecule has 1 heterocycles. The van der Waals surface area contributed by atoms with Gasteiger partial charge in [-0.25, -0.2) is 0 Å². The molecule has 0 saturated heterocycles. The van der Waals surface area contributed by atoms with Gasteiger partial charge in [0, 0.05) is 18.0 Å². The fourth-order valence-electron chi connectivity index (χ4n) is 3.64. The van der Waals surface area contributed by atoms with Crippen LogP contribution < -0.4 is 20.1 Å². The minimum absolute atomic E-state index is 0.175. The minimum atomic E-state index is -0.357. The molecular weight excluding hydrogens is 404 g/mol. The summed E-state index contributed by atoms with van der Waals surface area (Å²) < 4.78 is 16.7. The van der Waals surface area contributed by atoms with Crippen molar-refractivity contribution in [1.82, 2.24) is 5.32 Å². The van der Waals surface area contributed by atoms with Crippen molar-refractivity contribution in [3.8, 4) is 11.5 Å². The van der Waals surface area contributed by atoms with Gasteiger partial charge in [0.15, 0.2) is 17.1 Å². The number of furan rings is 1. The van der Waals surface area contributed by atoms with E-state index in [1.54, 1.807) is 32.4 Å². The summed E-state index contributed by atoms with van der Waals surface area (Å²) in [6, 6.07) is 23.3. The highest BCUT2D eigenvalue weighted by Crippen LogP contribution is 2.33. The fourth-order valence-corrected chi connectivity index (χ4v) is 3.64. The summed E-state index contributed by atoms with van der Waals surface area (Å²) in [6.45, 7) is 2.74. The molecule has 0 radical (unpaired) electrons. The van der Waals surface area contributed by atoms with Gasteiger partial charge < -0.3 is 24.5 Å². The van der Waals surface area contributed by atoms with Crippen LogP contribution in [0, 0.1) is 0 Å². The van der Waals surface area contributed by atoms with E-state index in [1.165, 1.54) is 5.56 Å². The Kier molecular flexibility index (Phi) is 6.42. The number of fused-ring (bicyclic) bond motifs is 1. The van der Waals surface area contributed by atoms with Gasteiger partial charge in [0.25, 0.3) is 5.91 Å². The van der Waals surface area contributed by atoms with Gasteiger partial charge >= 0.3 is 0 Å². The van der Waals surface area contributed by atoms with Crippen LogP contribution in [-0.4, -0.2) is 20.1 Å². The summed E-state index contributed by atoms with van der Waals surface area (Å²) in [7, 11) is 3.15. The second-order valence-electron chi connectivity index (χ2n) is 7.45. The van der Waals surface area contributed by atoms with Crippen molar-refractivity contribution in [1.29, 1.82) is 0 Å². The number of carbonyl (C=O) groups excluding carboxylic acids is 1. The number of para-hydroxylation sites is 2. The molecule has 4 rings (SSSR count). The van der Waals surface area contributed by atoms with Crippen molar-refractivity contribution in [3.05, 3.63) is 89.7 Å². The molecule has 32 heavy (non-hydrogen) atoms. The van der Waals surface area contributed by atoms with Crippen LogP contribution in [0.25, 0.3) is 11.0 Å². The second kappa shape index (κ2) is 9.58. The highest BCUT2D eigenvalue weighted by atomic mass is 16.5. The lowest BCUT2D eigenvalue weighted by atomic mass is 10.1. The summed E-state index contributed by atoms with van der Waals surface area (Å²) in [5.41, 5.74) is 3.35. The maximum Gasteiger partial charge on any atom is 0.291 e. The first-order valence-electron chi connectivity index (χ1n) is 10.4. The SMILES string of the molecule is COc1ccccc1NC(=O)c1cc2c(CNC(C)c3ccccc3)ccc(OC)c2o1. The number of ether oxygens (including phenoxy) is 2. The van der Waals surface area contributed by atoms with E-state index < -0.39 is 0 Å². The van der Waals surface area contributed by atoms with Crippen molar-refractivity contribution in [2.24, 2.45) is 0 Å². The van der Waals surface area contributed by atoms with Gasteiger partial charge in [-0.05, 0) is 42.3 Å². The van der Waals surface area contributed by atoms with Crippen LogP contribution in [0.2, 0.25) is 0 Å². The van der Waals surface area contributed by atoms with Gasteiger partial charge in [0.05, 0.1) is 19.9 Å². The third kappa shape index (κ3) is 4.45. The maximum absolute atomic E-state index is 12.9. The molecule has 6 heteroatoms. The van der Waals surface area contributed by atoms with Gasteiger partial charge in [-0.3, -0.25) is 4.79 Å². The van der Waals surface area contributed by atoms with Gasteiger partial charge in [-0.2, -0.15) is 0 Å². The van der Waals surface area contributed by atoms with E-state index in [0.717, 1.165) is 10.9 Å². The average molecular weight is 431 g/mol. The molecule has 3 aromatic carbocycles. The fraction of sp³-hybridized carbons (Fsp3) is 0.192. The van der Waals surface area contributed by atoms with Gasteiger partial charge in [0.2, 0.25) is 0 Å². The monoisotopic (exact) mass is 430 g/mol. The average Bonchev–Trinajstić information content (AvgIpc) is 3.29. The van der Waals surface area contributed by atoms with Gasteiger partial charge in [0.1, 0.15) is 5.75 Å². The third-order valence-electron chi connectivity index (χ3n) is 5.43. The van der Waals surface area contributed by atoms with Crippen LogP contribution in [-0.2, 0) is 6.54 Å². The van der Waals surface area contributed by atoms with Crippen LogP contribution in [0.5, 0.6) is 11.5 Å². The van der Waals surface area contributed by atoms with Crippen molar-refractivity contribution < 1.29 is 18.7 Å². The van der Waals surface area contributed by atoms with Crippen LogP contribution in [0.15, 0.2) is 77.2 Å². The molecule has 1 aromatic heterocycles. The molecule has 0 aliphatic heterocycles. The molecule has 0 bridgehead atoms. The molecule has 1 unspecified atom stereocenters. The molecule has 164 valence electrons. The van der Waals surface area contributed by atoms with Crippen molar-refractivity contribution in [2.75, 3.05) is 19.5 Å². The highest BCUT2D eigenvalue weighted by molar-refractivity contribution is 6.06. The zero-order valence-corrected chi connectivity index (χ0v) is 18.3. The highest BCUT2D eigenvalue weighted by Gasteiger charge is 2.19. The molecule has 0 fully saturated rings. The van der Waals surface area contributed by atoms with E-state index in [0.29, 0.717) is 29.3 Å². The molecule has 1 atom stereocenters. The zero-order valence-electron chi connectivity index (χ0n) is 18.3. The summed E-state index contributed by atoms with van der Waals surface area (Å²) >= 11 is 0. The van der Waals surface area contributed by atoms with Crippen molar-refractivity contribution >= 4 is 22.6 Å². The van der Waals surface area contributed by atoms with E-state index in [-0.39, 0.29) is 17.7 Å². The van der Waals surface area contributed by atoms with E-state index in [4.69, 9.17) is 13.9 Å². The van der Waals surface area contributed by atoms with E-state index in [1.807, 2.05) is 42.5 Å². The standard InChI is InChI=1S/C26H26N2O4/c1-17(18-9-5-4-6-10-18)27-16-19-13-14-23(31-3)25-20(19)15-24(32-25)26(29)28-21-11-7-8-12-22(21)30-2/h4-15,17,27H,16H2,1-3H3,(H,28,29). The van der Waals surface area contributed by atoms with Crippen LogP contribution in [0.3, 0.4) is 0 Å². The normalized spacial score (nSPS) is 11.8. The van der Waals surface area contributed by atoms with E-state index >= 15 is 0 Å². The number of carbonyl (C=O) groups is 1. The number of anilines is 1. The molecule has 4 aromatic rings. The number of benzene rings is 3. The van der Waals surface area contributed by atoms with Gasteiger partial charge in [-0.15, -0.1) is 0 Å². The molecular formula is C26H26N2O4. The quantitative estimate of drug-likeness (QED) is 0.383. The summed E-state index contributed by atoms with van der Waals surface area (Å²) in [5, 5.41) is 7.23. The Bertz CT molecular complexity index is 1220. The summed E-state index contributed by atoms with van der Waals surface area (Å²) in [4.78, 5) is 12.9. The van der Waals surface area contributed by atoms with Crippen molar-refractivity contribution in [2.45, 2.75) is 19.5 Å². The second-order valence-corrected chi connectivity index (χ2v) is 7.45. The van der Waals surface area contributed by atoms with Crippen molar-refractivity contribution in [3.63, 3.8) is 0 Å². The Morgan fingerprint density at radius 3 is 2.41 bits per heavy atom. The largest absolute Gasteiger partial charge is 0.495 e. The Morgan fingerprint density at radius 2 is 1.66 bits per heavy atom. The van der Waals surface area contributed by atoms with Crippen LogP contribution in [0.4, 0.5) is 5.69 Å². The number of hydrogen-bond acceptors (Lipinski definition) is 5. The first kappa shape index (κ1) is 21.5. The Morgan fingerprint density at radius 1 is 0.938 bits per heavy atom. The minimum Gasteiger partial charge on any atom is -0.495 e. The lowest BCUT2D eigenvalue weighted by Crippen LogP contribution is -2.18.